The van der Waals surface area contributed by atoms with Crippen molar-refractivity contribution < 1.29 is 49.1 Å². The second kappa shape index (κ2) is 13.7. The Morgan fingerprint density at radius 3 is 1.98 bits per heavy atom. The molecule has 1 aliphatic carbocycles. The van der Waals surface area contributed by atoms with E-state index in [1.54, 1.807) is 6.92 Å². The minimum atomic E-state index is -5.14. The number of aromatic nitrogens is 4. The Labute approximate surface area is 280 Å². The largest absolute Gasteiger partial charge is 0.416 e. The number of fused-ring (bicyclic) bond motifs is 1. The van der Waals surface area contributed by atoms with Crippen molar-refractivity contribution in [2.75, 3.05) is 9.80 Å². The molecule has 1 fully saturated rings. The molecule has 18 heteroatoms. The molecule has 1 unspecified atom stereocenters. The number of rotatable bonds is 8. The van der Waals surface area contributed by atoms with Crippen LogP contribution in [0, 0.1) is 11.8 Å². The van der Waals surface area contributed by atoms with Crippen LogP contribution >= 0.6 is 0 Å². The fourth-order valence-electron chi connectivity index (χ4n) is 6.96. The van der Waals surface area contributed by atoms with Gasteiger partial charge >= 0.3 is 18.5 Å². The van der Waals surface area contributed by atoms with E-state index in [0.29, 0.717) is 44.2 Å². The van der Waals surface area contributed by atoms with Crippen LogP contribution in [0.2, 0.25) is 0 Å². The predicted molar refractivity (Wildman–Crippen MR) is 161 cm³/mol. The third kappa shape index (κ3) is 7.98. The maximum absolute atomic E-state index is 14.1. The summed E-state index contributed by atoms with van der Waals surface area (Å²) < 4.78 is 125. The Hall–Kier alpha value is -4.38. The number of aryl methyl sites for hydroxylation is 1. The number of amides is 2. The zero-order chi connectivity index (χ0) is 36.8. The van der Waals surface area contributed by atoms with Gasteiger partial charge in [-0.2, -0.15) is 44.3 Å². The first-order valence-corrected chi connectivity index (χ1v) is 15.9. The van der Waals surface area contributed by atoms with Gasteiger partial charge < -0.3 is 15.5 Å². The molecule has 9 nitrogen and oxygen atoms in total. The number of nitrogens with zero attached hydrogens (tertiary/aromatic N) is 6. The van der Waals surface area contributed by atoms with E-state index >= 15 is 0 Å². The molecule has 0 saturated heterocycles. The Balaban J connectivity index is 1.61. The molecule has 1 aromatic heterocycles. The molecule has 2 heterocycles. The van der Waals surface area contributed by atoms with Gasteiger partial charge in [0.15, 0.2) is 0 Å². The first-order valence-electron chi connectivity index (χ1n) is 15.9. The van der Waals surface area contributed by atoms with E-state index in [4.69, 9.17) is 5.73 Å². The van der Waals surface area contributed by atoms with Gasteiger partial charge in [-0.25, -0.2) is 0 Å². The van der Waals surface area contributed by atoms with Crippen molar-refractivity contribution in [3.05, 3.63) is 64.2 Å². The van der Waals surface area contributed by atoms with E-state index in [1.807, 2.05) is 0 Å². The van der Waals surface area contributed by atoms with E-state index in [9.17, 15) is 49.1 Å². The Kier molecular flexibility index (Phi) is 10.1. The number of anilines is 2. The lowest BCUT2D eigenvalue weighted by Gasteiger charge is -2.46. The first kappa shape index (κ1) is 36.9. The maximum atomic E-state index is 14.1. The normalized spacial score (nSPS) is 21.5. The molecule has 5 rings (SSSR count). The SMILES string of the molecule is CC[C@@H]1CC(N(Cc2cc(C(F)(F)F)cc(C(F)(F)F)c2)c2nnn(C)n2)c2cc(C(F)(F)F)ccc2N1C(=O)[C@H]1CC[C@@H](CC(N)=O)CC1. The topological polar surface area (TPSA) is 110 Å². The number of nitrogens with two attached hydrogens (primary N) is 1. The molecule has 0 spiro atoms. The number of tetrazole rings is 1. The van der Waals surface area contributed by atoms with E-state index in [2.05, 4.69) is 15.4 Å². The molecule has 1 aliphatic heterocycles. The van der Waals surface area contributed by atoms with Gasteiger partial charge in [0.05, 0.1) is 29.8 Å². The molecule has 3 aromatic rings. The number of alkyl halides is 9. The van der Waals surface area contributed by atoms with Crippen molar-refractivity contribution in [1.29, 1.82) is 0 Å². The van der Waals surface area contributed by atoms with Crippen LogP contribution < -0.4 is 15.5 Å². The maximum Gasteiger partial charge on any atom is 0.416 e. The summed E-state index contributed by atoms with van der Waals surface area (Å²) >= 11 is 0. The molecule has 2 atom stereocenters. The summed E-state index contributed by atoms with van der Waals surface area (Å²) in [5.74, 6) is -1.53. The minimum absolute atomic E-state index is 0.00707. The monoisotopic (exact) mass is 719 g/mol. The molecular formula is C32H34F9N7O2. The van der Waals surface area contributed by atoms with E-state index in [1.165, 1.54) is 16.8 Å². The smallest absolute Gasteiger partial charge is 0.370 e. The highest BCUT2D eigenvalue weighted by Crippen LogP contribution is 2.47. The number of halogens is 9. The van der Waals surface area contributed by atoms with Crippen molar-refractivity contribution in [2.45, 2.75) is 89.0 Å². The summed E-state index contributed by atoms with van der Waals surface area (Å²) in [4.78, 5) is 29.2. The molecule has 2 aliphatic rings. The molecule has 1 saturated carbocycles. The van der Waals surface area contributed by atoms with E-state index < -0.39 is 71.2 Å². The fourth-order valence-corrected chi connectivity index (χ4v) is 6.96. The summed E-state index contributed by atoms with van der Waals surface area (Å²) in [5.41, 5.74) is 0.782. The summed E-state index contributed by atoms with van der Waals surface area (Å²) in [7, 11) is 1.37. The Bertz CT molecular complexity index is 1680. The second-order valence-electron chi connectivity index (χ2n) is 12.8. The highest BCUT2D eigenvalue weighted by molar-refractivity contribution is 5.97. The van der Waals surface area contributed by atoms with Crippen molar-refractivity contribution >= 4 is 23.5 Å². The zero-order valence-corrected chi connectivity index (χ0v) is 26.9. The predicted octanol–water partition coefficient (Wildman–Crippen LogP) is 7.21. The van der Waals surface area contributed by atoms with Crippen LogP contribution in [0.15, 0.2) is 36.4 Å². The Morgan fingerprint density at radius 2 is 1.48 bits per heavy atom. The van der Waals surface area contributed by atoms with Crippen molar-refractivity contribution in [3.8, 4) is 0 Å². The minimum Gasteiger partial charge on any atom is -0.370 e. The lowest BCUT2D eigenvalue weighted by atomic mass is 9.78. The third-order valence-electron chi connectivity index (χ3n) is 9.36. The summed E-state index contributed by atoms with van der Waals surface area (Å²) in [6, 6.07) is 2.12. The molecule has 272 valence electrons. The summed E-state index contributed by atoms with van der Waals surface area (Å²) in [5, 5.41) is 11.8. The molecule has 2 aromatic carbocycles. The third-order valence-corrected chi connectivity index (χ3v) is 9.36. The molecule has 0 bridgehead atoms. The second-order valence-corrected chi connectivity index (χ2v) is 12.8. The quantitative estimate of drug-likeness (QED) is 0.247. The Morgan fingerprint density at radius 1 is 0.880 bits per heavy atom. The molecule has 50 heavy (non-hydrogen) atoms. The lowest BCUT2D eigenvalue weighted by Crippen LogP contribution is -2.50. The zero-order valence-electron chi connectivity index (χ0n) is 26.9. The van der Waals surface area contributed by atoms with Crippen molar-refractivity contribution in [2.24, 2.45) is 24.6 Å². The van der Waals surface area contributed by atoms with Gasteiger partial charge in [-0.15, -0.1) is 5.10 Å². The van der Waals surface area contributed by atoms with Crippen LogP contribution in [-0.4, -0.2) is 38.1 Å². The number of hydrogen-bond donors (Lipinski definition) is 1. The van der Waals surface area contributed by atoms with Gasteiger partial charge in [0.1, 0.15) is 0 Å². The first-order chi connectivity index (χ1) is 23.3. The average molecular weight is 720 g/mol. The van der Waals surface area contributed by atoms with Crippen LogP contribution in [0.3, 0.4) is 0 Å². The molecule has 2 N–H and O–H groups in total. The standard InChI is InChI=1S/C32H34F9N7O2/c1-3-23-15-26(47(29-43-45-46(2)44-29)16-18-10-21(31(36,37)38)13-22(11-18)32(39,40)41)24-14-20(30(33,34)35)8-9-25(24)48(23)28(50)19-6-4-17(5-7-19)12-27(42)49/h8-11,13-14,17,19,23,26H,3-7,12,15-16H2,1-2H3,(H2,42,49)/t17-,19+,23-,26?/m1/s1. The van der Waals surface area contributed by atoms with Gasteiger partial charge in [-0.3, -0.25) is 9.59 Å². The van der Waals surface area contributed by atoms with Crippen molar-refractivity contribution in [3.63, 3.8) is 0 Å². The van der Waals surface area contributed by atoms with Crippen LogP contribution in [0.25, 0.3) is 0 Å². The van der Waals surface area contributed by atoms with Gasteiger partial charge in [-0.05, 0) is 97.2 Å². The number of carbonyl (C=O) groups excluding carboxylic acids is 2. The number of hydrogen-bond acceptors (Lipinski definition) is 6. The average Bonchev–Trinajstić information content (AvgIpc) is 3.46. The van der Waals surface area contributed by atoms with Crippen LogP contribution in [-0.2, 0) is 41.7 Å². The highest BCUT2D eigenvalue weighted by Gasteiger charge is 2.44. The summed E-state index contributed by atoms with van der Waals surface area (Å²) in [6.07, 6.45) is -12.7. The van der Waals surface area contributed by atoms with Gasteiger partial charge in [0.2, 0.25) is 11.8 Å². The van der Waals surface area contributed by atoms with E-state index in [0.717, 1.165) is 23.0 Å². The van der Waals surface area contributed by atoms with Crippen LogP contribution in [0.5, 0.6) is 0 Å². The van der Waals surface area contributed by atoms with Gasteiger partial charge in [-0.1, -0.05) is 12.0 Å². The van der Waals surface area contributed by atoms with Crippen LogP contribution in [0.4, 0.5) is 51.1 Å². The lowest BCUT2D eigenvalue weighted by molar-refractivity contribution is -0.143. The van der Waals surface area contributed by atoms with Crippen LogP contribution in [0.1, 0.15) is 85.7 Å². The van der Waals surface area contributed by atoms with Gasteiger partial charge in [0, 0.05) is 30.6 Å². The highest BCUT2D eigenvalue weighted by atomic mass is 19.4. The fraction of sp³-hybridized carbons (Fsp3) is 0.531. The molecular weight excluding hydrogens is 685 g/mol. The molecule has 2 amide bonds. The van der Waals surface area contributed by atoms with Gasteiger partial charge in [0.25, 0.3) is 5.95 Å². The molecule has 0 radical (unpaired) electrons. The number of primary amides is 1. The number of benzene rings is 2. The summed E-state index contributed by atoms with van der Waals surface area (Å²) in [6.45, 7) is 1.08. The van der Waals surface area contributed by atoms with E-state index in [-0.39, 0.29) is 47.9 Å². The number of carbonyl (C=O) groups is 2. The van der Waals surface area contributed by atoms with Crippen molar-refractivity contribution in [1.82, 2.24) is 20.2 Å².